The number of rotatable bonds is 7. The molecule has 0 fully saturated rings. The van der Waals surface area contributed by atoms with Crippen LogP contribution in [0.4, 0.5) is 0 Å². The van der Waals surface area contributed by atoms with Gasteiger partial charge < -0.3 is 19.5 Å². The van der Waals surface area contributed by atoms with Crippen molar-refractivity contribution < 1.29 is 19.4 Å². The monoisotopic (exact) mass is 310 g/mol. The first kappa shape index (κ1) is 15.7. The zero-order valence-electron chi connectivity index (χ0n) is 11.8. The van der Waals surface area contributed by atoms with Gasteiger partial charge in [-0.05, 0) is 18.4 Å². The average molecular weight is 310 g/mol. The molecule has 0 atom stereocenters. The first-order valence-corrected chi connectivity index (χ1v) is 7.53. The van der Waals surface area contributed by atoms with Gasteiger partial charge in [-0.15, -0.1) is 11.3 Å². The molecule has 2 aromatic heterocycles. The molecule has 0 aromatic carbocycles. The molecule has 0 aliphatic carbocycles. The standard InChI is InChI=1S/C14H18N2O4S/c1-10-11(9-13(19)16(4-6-17)5-7-18)15-14(20-10)12-3-2-8-21-12/h2-3,8,17-18H,4-7,9H2,1H3. The lowest BCUT2D eigenvalue weighted by Crippen LogP contribution is -2.37. The van der Waals surface area contributed by atoms with E-state index in [0.29, 0.717) is 17.3 Å². The van der Waals surface area contributed by atoms with Gasteiger partial charge in [-0.2, -0.15) is 0 Å². The van der Waals surface area contributed by atoms with Crippen LogP contribution in [0, 0.1) is 6.92 Å². The third kappa shape index (κ3) is 3.90. The van der Waals surface area contributed by atoms with Crippen molar-refractivity contribution in [2.75, 3.05) is 26.3 Å². The van der Waals surface area contributed by atoms with Crippen molar-refractivity contribution in [2.45, 2.75) is 13.3 Å². The Hall–Kier alpha value is -1.70. The molecule has 6 nitrogen and oxygen atoms in total. The Kier molecular flexibility index (Phi) is 5.49. The summed E-state index contributed by atoms with van der Waals surface area (Å²) >= 11 is 1.52. The van der Waals surface area contributed by atoms with Crippen LogP contribution in [-0.2, 0) is 11.2 Å². The molecule has 7 heteroatoms. The van der Waals surface area contributed by atoms with Crippen LogP contribution in [0.25, 0.3) is 10.8 Å². The molecule has 1 amide bonds. The highest BCUT2D eigenvalue weighted by molar-refractivity contribution is 7.13. The Morgan fingerprint density at radius 1 is 1.38 bits per heavy atom. The number of thiophene rings is 1. The van der Waals surface area contributed by atoms with Crippen LogP contribution >= 0.6 is 11.3 Å². The van der Waals surface area contributed by atoms with Crippen LogP contribution in [0.3, 0.4) is 0 Å². The van der Waals surface area contributed by atoms with E-state index in [9.17, 15) is 4.79 Å². The summed E-state index contributed by atoms with van der Waals surface area (Å²) in [4.78, 5) is 18.9. The van der Waals surface area contributed by atoms with E-state index in [1.54, 1.807) is 6.92 Å². The van der Waals surface area contributed by atoms with Gasteiger partial charge in [0.15, 0.2) is 0 Å². The van der Waals surface area contributed by atoms with Crippen molar-refractivity contribution in [1.29, 1.82) is 0 Å². The molecule has 0 aliphatic rings. The van der Waals surface area contributed by atoms with E-state index in [2.05, 4.69) is 4.98 Å². The van der Waals surface area contributed by atoms with Gasteiger partial charge in [-0.3, -0.25) is 4.79 Å². The summed E-state index contributed by atoms with van der Waals surface area (Å²) < 4.78 is 5.59. The van der Waals surface area contributed by atoms with Crippen molar-refractivity contribution >= 4 is 17.2 Å². The summed E-state index contributed by atoms with van der Waals surface area (Å²) in [6, 6.07) is 3.82. The molecule has 0 unspecified atom stereocenters. The Morgan fingerprint density at radius 2 is 2.10 bits per heavy atom. The maximum Gasteiger partial charge on any atom is 0.236 e. The Labute approximate surface area is 126 Å². The Balaban J connectivity index is 2.10. The second kappa shape index (κ2) is 7.35. The van der Waals surface area contributed by atoms with Crippen molar-refractivity contribution in [3.05, 3.63) is 29.0 Å². The third-order valence-electron chi connectivity index (χ3n) is 3.04. The smallest absolute Gasteiger partial charge is 0.236 e. The Bertz CT molecular complexity index is 574. The second-order valence-electron chi connectivity index (χ2n) is 4.50. The Morgan fingerprint density at radius 3 is 2.67 bits per heavy atom. The molecule has 0 aliphatic heterocycles. The zero-order valence-corrected chi connectivity index (χ0v) is 12.6. The molecule has 0 saturated heterocycles. The molecule has 0 radical (unpaired) electrons. The minimum atomic E-state index is -0.188. The molecule has 2 aromatic rings. The molecular formula is C14H18N2O4S. The third-order valence-corrected chi connectivity index (χ3v) is 3.89. The molecule has 114 valence electrons. The molecule has 2 heterocycles. The minimum Gasteiger partial charge on any atom is -0.440 e. The summed E-state index contributed by atoms with van der Waals surface area (Å²) in [5, 5.41) is 19.8. The number of hydrogen-bond donors (Lipinski definition) is 2. The number of aliphatic hydroxyl groups is 2. The number of nitrogens with zero attached hydrogens (tertiary/aromatic N) is 2. The van der Waals surface area contributed by atoms with Gasteiger partial charge in [-0.25, -0.2) is 4.98 Å². The van der Waals surface area contributed by atoms with Gasteiger partial charge in [-0.1, -0.05) is 6.07 Å². The fourth-order valence-electron chi connectivity index (χ4n) is 1.96. The van der Waals surface area contributed by atoms with E-state index >= 15 is 0 Å². The predicted molar refractivity (Wildman–Crippen MR) is 79.0 cm³/mol. The molecule has 0 saturated carbocycles. The molecule has 2 N–H and O–H groups in total. The van der Waals surface area contributed by atoms with E-state index in [1.807, 2.05) is 17.5 Å². The quantitative estimate of drug-likeness (QED) is 0.799. The van der Waals surface area contributed by atoms with Gasteiger partial charge in [0.05, 0.1) is 30.2 Å². The lowest BCUT2D eigenvalue weighted by atomic mass is 10.2. The average Bonchev–Trinajstić information content (AvgIpc) is 3.09. The largest absolute Gasteiger partial charge is 0.440 e. The maximum atomic E-state index is 12.2. The number of oxazole rings is 1. The minimum absolute atomic E-state index is 0.0979. The first-order chi connectivity index (χ1) is 10.2. The lowest BCUT2D eigenvalue weighted by molar-refractivity contribution is -0.131. The first-order valence-electron chi connectivity index (χ1n) is 6.65. The van der Waals surface area contributed by atoms with Crippen LogP contribution in [0.1, 0.15) is 11.5 Å². The van der Waals surface area contributed by atoms with E-state index in [1.165, 1.54) is 16.2 Å². The van der Waals surface area contributed by atoms with Crippen LogP contribution in [0.5, 0.6) is 0 Å². The fourth-order valence-corrected chi connectivity index (χ4v) is 2.60. The van der Waals surface area contributed by atoms with Gasteiger partial charge in [0.2, 0.25) is 11.8 Å². The predicted octanol–water partition coefficient (Wildman–Crippen LogP) is 1.07. The fraction of sp³-hybridized carbons (Fsp3) is 0.429. The maximum absolute atomic E-state index is 12.2. The van der Waals surface area contributed by atoms with E-state index in [4.69, 9.17) is 14.6 Å². The van der Waals surface area contributed by atoms with Crippen LogP contribution in [0.15, 0.2) is 21.9 Å². The number of amides is 1. The SMILES string of the molecule is Cc1oc(-c2cccs2)nc1CC(=O)N(CCO)CCO. The summed E-state index contributed by atoms with van der Waals surface area (Å²) in [6.45, 7) is 1.91. The van der Waals surface area contributed by atoms with E-state index in [0.717, 1.165) is 4.88 Å². The zero-order chi connectivity index (χ0) is 15.2. The highest BCUT2D eigenvalue weighted by Crippen LogP contribution is 2.26. The van der Waals surface area contributed by atoms with E-state index < -0.39 is 0 Å². The van der Waals surface area contributed by atoms with Crippen molar-refractivity contribution in [1.82, 2.24) is 9.88 Å². The number of aromatic nitrogens is 1. The molecule has 0 bridgehead atoms. The summed E-state index contributed by atoms with van der Waals surface area (Å²) in [7, 11) is 0. The lowest BCUT2D eigenvalue weighted by Gasteiger charge is -2.20. The number of aliphatic hydroxyl groups excluding tert-OH is 2. The van der Waals surface area contributed by atoms with Gasteiger partial charge >= 0.3 is 0 Å². The number of carbonyl (C=O) groups is 1. The summed E-state index contributed by atoms with van der Waals surface area (Å²) in [5.74, 6) is 0.938. The molecular weight excluding hydrogens is 292 g/mol. The van der Waals surface area contributed by atoms with Crippen molar-refractivity contribution in [2.24, 2.45) is 0 Å². The number of hydrogen-bond acceptors (Lipinski definition) is 6. The topological polar surface area (TPSA) is 86.8 Å². The van der Waals surface area contributed by atoms with Crippen molar-refractivity contribution in [3.63, 3.8) is 0 Å². The number of aryl methyl sites for hydroxylation is 1. The molecule has 2 rings (SSSR count). The van der Waals surface area contributed by atoms with Crippen LogP contribution < -0.4 is 0 Å². The summed E-state index contributed by atoms with van der Waals surface area (Å²) in [5.41, 5.74) is 0.587. The van der Waals surface area contributed by atoms with Gasteiger partial charge in [0.1, 0.15) is 5.76 Å². The van der Waals surface area contributed by atoms with Crippen molar-refractivity contribution in [3.8, 4) is 10.8 Å². The second-order valence-corrected chi connectivity index (χ2v) is 5.45. The van der Waals surface area contributed by atoms with Crippen LogP contribution in [-0.4, -0.2) is 52.3 Å². The highest BCUT2D eigenvalue weighted by atomic mass is 32.1. The molecule has 0 spiro atoms. The van der Waals surface area contributed by atoms with E-state index in [-0.39, 0.29) is 38.6 Å². The number of carbonyl (C=O) groups excluding carboxylic acids is 1. The van der Waals surface area contributed by atoms with Crippen LogP contribution in [0.2, 0.25) is 0 Å². The highest BCUT2D eigenvalue weighted by Gasteiger charge is 2.19. The van der Waals surface area contributed by atoms with Gasteiger partial charge in [0.25, 0.3) is 0 Å². The normalized spacial score (nSPS) is 10.8. The summed E-state index contributed by atoms with van der Waals surface area (Å²) in [6.07, 6.45) is 0.0979. The molecule has 21 heavy (non-hydrogen) atoms. The van der Waals surface area contributed by atoms with Gasteiger partial charge in [0, 0.05) is 13.1 Å².